The quantitative estimate of drug-likeness (QED) is 0.863. The summed E-state index contributed by atoms with van der Waals surface area (Å²) in [6, 6.07) is 17.3. The van der Waals surface area contributed by atoms with Crippen molar-refractivity contribution < 1.29 is 4.74 Å². The topological polar surface area (TPSA) is 21.3 Å². The first kappa shape index (κ1) is 14.6. The summed E-state index contributed by atoms with van der Waals surface area (Å²) >= 11 is 0. The van der Waals surface area contributed by atoms with Crippen molar-refractivity contribution in [2.45, 2.75) is 32.9 Å². The van der Waals surface area contributed by atoms with Crippen molar-refractivity contribution in [1.29, 1.82) is 0 Å². The SMILES string of the molecule is COc1ccc(CC(C)NCc2ccccc2C)cc1. The summed E-state index contributed by atoms with van der Waals surface area (Å²) in [6.07, 6.45) is 1.02. The van der Waals surface area contributed by atoms with E-state index in [9.17, 15) is 0 Å². The molecule has 2 rings (SSSR count). The average Bonchev–Trinajstić information content (AvgIpc) is 2.47. The van der Waals surface area contributed by atoms with Crippen LogP contribution in [0.5, 0.6) is 5.75 Å². The molecule has 0 bridgehead atoms. The highest BCUT2D eigenvalue weighted by molar-refractivity contribution is 5.28. The molecule has 0 aliphatic heterocycles. The Hall–Kier alpha value is -1.80. The maximum absolute atomic E-state index is 5.18. The highest BCUT2D eigenvalue weighted by Gasteiger charge is 2.04. The van der Waals surface area contributed by atoms with E-state index in [0.29, 0.717) is 6.04 Å². The minimum atomic E-state index is 0.447. The number of benzene rings is 2. The highest BCUT2D eigenvalue weighted by atomic mass is 16.5. The zero-order valence-electron chi connectivity index (χ0n) is 12.5. The lowest BCUT2D eigenvalue weighted by Crippen LogP contribution is -2.27. The second-order valence-electron chi connectivity index (χ2n) is 5.26. The molecule has 1 unspecified atom stereocenters. The van der Waals surface area contributed by atoms with Crippen LogP contribution in [-0.2, 0) is 13.0 Å². The Bertz CT molecular complexity index is 533. The molecule has 0 aliphatic rings. The molecule has 0 amide bonds. The van der Waals surface area contributed by atoms with Crippen LogP contribution in [-0.4, -0.2) is 13.2 Å². The molecular formula is C18H23NO. The molecule has 2 nitrogen and oxygen atoms in total. The first-order chi connectivity index (χ1) is 9.69. The molecule has 0 saturated carbocycles. The lowest BCUT2D eigenvalue weighted by atomic mass is 10.1. The number of ether oxygens (including phenoxy) is 1. The number of hydrogen-bond donors (Lipinski definition) is 1. The van der Waals surface area contributed by atoms with E-state index in [1.54, 1.807) is 7.11 Å². The molecule has 0 fully saturated rings. The smallest absolute Gasteiger partial charge is 0.118 e. The first-order valence-corrected chi connectivity index (χ1v) is 7.10. The van der Waals surface area contributed by atoms with Crippen LogP contribution in [0, 0.1) is 6.92 Å². The van der Waals surface area contributed by atoms with E-state index >= 15 is 0 Å². The fourth-order valence-electron chi connectivity index (χ4n) is 2.28. The van der Waals surface area contributed by atoms with Gasteiger partial charge in [-0.25, -0.2) is 0 Å². The number of rotatable bonds is 6. The van der Waals surface area contributed by atoms with Gasteiger partial charge in [-0.05, 0) is 49.1 Å². The van der Waals surface area contributed by atoms with Gasteiger partial charge in [-0.15, -0.1) is 0 Å². The largest absolute Gasteiger partial charge is 0.497 e. The number of methoxy groups -OCH3 is 1. The Morgan fingerprint density at radius 1 is 1.05 bits per heavy atom. The molecule has 0 spiro atoms. The minimum absolute atomic E-state index is 0.447. The third-order valence-electron chi connectivity index (χ3n) is 3.60. The van der Waals surface area contributed by atoms with Gasteiger partial charge < -0.3 is 10.1 Å². The molecule has 0 aromatic heterocycles. The van der Waals surface area contributed by atoms with Crippen molar-refractivity contribution in [1.82, 2.24) is 5.32 Å². The molecule has 20 heavy (non-hydrogen) atoms. The van der Waals surface area contributed by atoms with Crippen LogP contribution in [0.3, 0.4) is 0 Å². The van der Waals surface area contributed by atoms with Crippen molar-refractivity contribution in [2.75, 3.05) is 7.11 Å². The summed E-state index contributed by atoms with van der Waals surface area (Å²) in [6.45, 7) is 5.30. The van der Waals surface area contributed by atoms with E-state index in [-0.39, 0.29) is 0 Å². The normalized spacial score (nSPS) is 12.2. The van der Waals surface area contributed by atoms with Crippen molar-refractivity contribution in [3.05, 3.63) is 65.2 Å². The highest BCUT2D eigenvalue weighted by Crippen LogP contribution is 2.13. The maximum Gasteiger partial charge on any atom is 0.118 e. The second-order valence-corrected chi connectivity index (χ2v) is 5.26. The van der Waals surface area contributed by atoms with Crippen LogP contribution in [0.2, 0.25) is 0 Å². The number of nitrogens with one attached hydrogen (secondary N) is 1. The molecular weight excluding hydrogens is 246 g/mol. The lowest BCUT2D eigenvalue weighted by Gasteiger charge is -2.15. The molecule has 0 aliphatic carbocycles. The van der Waals surface area contributed by atoms with Gasteiger partial charge in [0, 0.05) is 12.6 Å². The molecule has 0 heterocycles. The van der Waals surface area contributed by atoms with Gasteiger partial charge in [0.05, 0.1) is 7.11 Å². The Labute approximate surface area is 121 Å². The zero-order chi connectivity index (χ0) is 14.4. The first-order valence-electron chi connectivity index (χ1n) is 7.10. The average molecular weight is 269 g/mol. The van der Waals surface area contributed by atoms with Crippen LogP contribution in [0.25, 0.3) is 0 Å². The van der Waals surface area contributed by atoms with E-state index in [0.717, 1.165) is 18.7 Å². The Morgan fingerprint density at radius 3 is 2.40 bits per heavy atom. The fraction of sp³-hybridized carbons (Fsp3) is 0.333. The maximum atomic E-state index is 5.18. The predicted molar refractivity (Wildman–Crippen MR) is 84.2 cm³/mol. The van der Waals surface area contributed by atoms with Crippen LogP contribution < -0.4 is 10.1 Å². The fourth-order valence-corrected chi connectivity index (χ4v) is 2.28. The monoisotopic (exact) mass is 269 g/mol. The van der Waals surface area contributed by atoms with E-state index < -0.39 is 0 Å². The van der Waals surface area contributed by atoms with Gasteiger partial charge in [-0.3, -0.25) is 0 Å². The minimum Gasteiger partial charge on any atom is -0.497 e. The lowest BCUT2D eigenvalue weighted by molar-refractivity contribution is 0.414. The van der Waals surface area contributed by atoms with Crippen molar-refractivity contribution >= 4 is 0 Å². The Kier molecular flexibility index (Phi) is 5.19. The van der Waals surface area contributed by atoms with Crippen LogP contribution >= 0.6 is 0 Å². The zero-order valence-corrected chi connectivity index (χ0v) is 12.5. The van der Waals surface area contributed by atoms with Crippen molar-refractivity contribution in [2.24, 2.45) is 0 Å². The third-order valence-corrected chi connectivity index (χ3v) is 3.60. The predicted octanol–water partition coefficient (Wildman–Crippen LogP) is 3.72. The van der Waals surface area contributed by atoms with Gasteiger partial charge in [0.25, 0.3) is 0 Å². The van der Waals surface area contributed by atoms with E-state index in [1.165, 1.54) is 16.7 Å². The summed E-state index contributed by atoms with van der Waals surface area (Å²) < 4.78 is 5.18. The molecule has 0 saturated heterocycles. The van der Waals surface area contributed by atoms with E-state index in [4.69, 9.17) is 4.74 Å². The van der Waals surface area contributed by atoms with Gasteiger partial charge in [0.1, 0.15) is 5.75 Å². The molecule has 2 aromatic rings. The van der Waals surface area contributed by atoms with Crippen LogP contribution in [0.1, 0.15) is 23.6 Å². The Morgan fingerprint density at radius 2 is 1.75 bits per heavy atom. The molecule has 2 heteroatoms. The van der Waals surface area contributed by atoms with E-state index in [2.05, 4.69) is 55.6 Å². The van der Waals surface area contributed by atoms with Crippen molar-refractivity contribution in [3.63, 3.8) is 0 Å². The number of aryl methyl sites for hydroxylation is 1. The van der Waals surface area contributed by atoms with Crippen molar-refractivity contribution in [3.8, 4) is 5.75 Å². The Balaban J connectivity index is 1.86. The van der Waals surface area contributed by atoms with Crippen LogP contribution in [0.15, 0.2) is 48.5 Å². The molecule has 2 aromatic carbocycles. The molecule has 1 N–H and O–H groups in total. The van der Waals surface area contributed by atoms with Gasteiger partial charge in [0.2, 0.25) is 0 Å². The van der Waals surface area contributed by atoms with Crippen LogP contribution in [0.4, 0.5) is 0 Å². The van der Waals surface area contributed by atoms with Gasteiger partial charge in [-0.2, -0.15) is 0 Å². The summed E-state index contributed by atoms with van der Waals surface area (Å²) in [4.78, 5) is 0. The summed E-state index contributed by atoms with van der Waals surface area (Å²) in [5, 5.41) is 3.59. The number of hydrogen-bond acceptors (Lipinski definition) is 2. The second kappa shape index (κ2) is 7.11. The molecule has 0 radical (unpaired) electrons. The van der Waals surface area contributed by atoms with E-state index in [1.807, 2.05) is 12.1 Å². The third kappa shape index (κ3) is 4.10. The summed E-state index contributed by atoms with van der Waals surface area (Å²) in [5.41, 5.74) is 4.04. The van der Waals surface area contributed by atoms with Gasteiger partial charge in [0.15, 0.2) is 0 Å². The molecule has 106 valence electrons. The summed E-state index contributed by atoms with van der Waals surface area (Å²) in [5.74, 6) is 0.911. The standard InChI is InChI=1S/C18H23NO/c1-14-6-4-5-7-17(14)13-19-15(2)12-16-8-10-18(20-3)11-9-16/h4-11,15,19H,12-13H2,1-3H3. The molecule has 1 atom stereocenters. The van der Waals surface area contributed by atoms with Gasteiger partial charge >= 0.3 is 0 Å². The van der Waals surface area contributed by atoms with Gasteiger partial charge in [-0.1, -0.05) is 36.4 Å². The summed E-state index contributed by atoms with van der Waals surface area (Å²) in [7, 11) is 1.70.